The van der Waals surface area contributed by atoms with Gasteiger partial charge in [-0.1, -0.05) is 25.0 Å². The lowest BCUT2D eigenvalue weighted by atomic mass is 9.77. The highest BCUT2D eigenvalue weighted by atomic mass is 16.5. The average Bonchev–Trinajstić information content (AvgIpc) is 3.33. The van der Waals surface area contributed by atoms with Crippen LogP contribution < -0.4 is 10.1 Å². The normalized spacial score (nSPS) is 27.6. The molecule has 1 saturated carbocycles. The summed E-state index contributed by atoms with van der Waals surface area (Å²) < 4.78 is 5.27. The number of amides is 2. The Morgan fingerprint density at radius 3 is 2.46 bits per heavy atom. The molecule has 26 heavy (non-hydrogen) atoms. The molecule has 1 N–H and O–H groups in total. The van der Waals surface area contributed by atoms with Gasteiger partial charge in [0.1, 0.15) is 5.75 Å². The standard InChI is InChI=1S/C21H28N2O3/c1-26-17-7-5-16(6-8-17)21(10-2-3-11-21)19(25)23-14-12-20(15-23)9-4-13-22-18(20)24/h5-8H,2-4,9-15H2,1H3,(H,22,24)/t20-/m0/s1. The van der Waals surface area contributed by atoms with Gasteiger partial charge in [-0.2, -0.15) is 0 Å². The van der Waals surface area contributed by atoms with Gasteiger partial charge in [0.2, 0.25) is 11.8 Å². The molecule has 5 nitrogen and oxygen atoms in total. The lowest BCUT2D eigenvalue weighted by molar-refractivity contribution is -0.138. The first-order chi connectivity index (χ1) is 12.6. The lowest BCUT2D eigenvalue weighted by Gasteiger charge is -2.35. The van der Waals surface area contributed by atoms with E-state index in [1.807, 2.05) is 29.2 Å². The van der Waals surface area contributed by atoms with E-state index in [-0.39, 0.29) is 17.2 Å². The van der Waals surface area contributed by atoms with E-state index in [4.69, 9.17) is 4.74 Å². The zero-order chi connectivity index (χ0) is 18.2. The van der Waals surface area contributed by atoms with Gasteiger partial charge in [0.15, 0.2) is 0 Å². The molecule has 3 aliphatic rings. The van der Waals surface area contributed by atoms with Crippen molar-refractivity contribution in [2.24, 2.45) is 5.41 Å². The molecule has 1 atom stereocenters. The highest BCUT2D eigenvalue weighted by Gasteiger charge is 2.51. The Balaban J connectivity index is 1.59. The van der Waals surface area contributed by atoms with Crippen LogP contribution in [0.4, 0.5) is 0 Å². The van der Waals surface area contributed by atoms with Gasteiger partial charge in [0.05, 0.1) is 17.9 Å². The largest absolute Gasteiger partial charge is 0.497 e. The van der Waals surface area contributed by atoms with Crippen LogP contribution in [0.15, 0.2) is 24.3 Å². The molecule has 0 bridgehead atoms. The fourth-order valence-corrected chi connectivity index (χ4v) is 5.18. The van der Waals surface area contributed by atoms with Crippen LogP contribution in [0.2, 0.25) is 0 Å². The van der Waals surface area contributed by atoms with E-state index in [0.717, 1.165) is 62.8 Å². The molecule has 5 heteroatoms. The van der Waals surface area contributed by atoms with Crippen LogP contribution >= 0.6 is 0 Å². The second-order valence-corrected chi connectivity index (χ2v) is 8.13. The van der Waals surface area contributed by atoms with Crippen molar-refractivity contribution in [3.8, 4) is 5.75 Å². The highest BCUT2D eigenvalue weighted by molar-refractivity contribution is 5.91. The maximum Gasteiger partial charge on any atom is 0.233 e. The number of hydrogen-bond donors (Lipinski definition) is 1. The first-order valence-electron chi connectivity index (χ1n) is 9.82. The molecule has 2 heterocycles. The smallest absolute Gasteiger partial charge is 0.233 e. The van der Waals surface area contributed by atoms with Crippen LogP contribution in [0.3, 0.4) is 0 Å². The van der Waals surface area contributed by atoms with Gasteiger partial charge in [-0.3, -0.25) is 9.59 Å². The quantitative estimate of drug-likeness (QED) is 0.906. The average molecular weight is 356 g/mol. The third-order valence-corrected chi connectivity index (χ3v) is 6.75. The molecule has 1 aromatic carbocycles. The minimum atomic E-state index is -0.428. The molecule has 0 aromatic heterocycles. The van der Waals surface area contributed by atoms with Crippen LogP contribution in [0.25, 0.3) is 0 Å². The Morgan fingerprint density at radius 2 is 1.81 bits per heavy atom. The van der Waals surface area contributed by atoms with Crippen molar-refractivity contribution < 1.29 is 14.3 Å². The summed E-state index contributed by atoms with van der Waals surface area (Å²) in [6, 6.07) is 7.98. The van der Waals surface area contributed by atoms with Crippen LogP contribution in [0.1, 0.15) is 50.5 Å². The van der Waals surface area contributed by atoms with Crippen molar-refractivity contribution in [3.05, 3.63) is 29.8 Å². The molecule has 2 saturated heterocycles. The number of carbonyl (C=O) groups is 2. The summed E-state index contributed by atoms with van der Waals surface area (Å²) in [5.74, 6) is 1.17. The molecular formula is C21H28N2O3. The third kappa shape index (κ3) is 2.68. The summed E-state index contributed by atoms with van der Waals surface area (Å²) in [5, 5.41) is 3.01. The number of piperidine rings is 1. The van der Waals surface area contributed by atoms with E-state index in [1.165, 1.54) is 0 Å². The summed E-state index contributed by atoms with van der Waals surface area (Å²) in [4.78, 5) is 28.1. The van der Waals surface area contributed by atoms with Crippen LogP contribution in [0, 0.1) is 5.41 Å². The molecule has 4 rings (SSSR count). The first kappa shape index (κ1) is 17.4. The number of ether oxygens (including phenoxy) is 1. The van der Waals surface area contributed by atoms with Crippen LogP contribution in [-0.4, -0.2) is 43.5 Å². The minimum absolute atomic E-state index is 0.143. The number of benzene rings is 1. The van der Waals surface area contributed by atoms with Crippen molar-refractivity contribution >= 4 is 11.8 Å². The molecule has 2 amide bonds. The van der Waals surface area contributed by atoms with E-state index in [9.17, 15) is 9.59 Å². The van der Waals surface area contributed by atoms with Gasteiger partial charge in [-0.25, -0.2) is 0 Å². The number of likely N-dealkylation sites (tertiary alicyclic amines) is 1. The molecule has 3 fully saturated rings. The summed E-state index contributed by atoms with van der Waals surface area (Å²) in [6.07, 6.45) is 6.66. The summed E-state index contributed by atoms with van der Waals surface area (Å²) in [5.41, 5.74) is 0.311. The Hall–Kier alpha value is -2.04. The van der Waals surface area contributed by atoms with Gasteiger partial charge >= 0.3 is 0 Å². The second kappa shape index (κ2) is 6.60. The minimum Gasteiger partial charge on any atom is -0.497 e. The fourth-order valence-electron chi connectivity index (χ4n) is 5.18. The Morgan fingerprint density at radius 1 is 1.08 bits per heavy atom. The molecular weight excluding hydrogens is 328 g/mol. The van der Waals surface area contributed by atoms with Crippen molar-refractivity contribution in [1.29, 1.82) is 0 Å². The number of nitrogens with zero attached hydrogens (tertiary/aromatic N) is 1. The third-order valence-electron chi connectivity index (χ3n) is 6.75. The number of carbonyl (C=O) groups excluding carboxylic acids is 2. The van der Waals surface area contributed by atoms with E-state index < -0.39 is 5.41 Å². The van der Waals surface area contributed by atoms with Gasteiger partial charge in [0.25, 0.3) is 0 Å². The van der Waals surface area contributed by atoms with E-state index >= 15 is 0 Å². The number of methoxy groups -OCH3 is 1. The molecule has 1 aromatic rings. The van der Waals surface area contributed by atoms with Crippen molar-refractivity contribution in [2.45, 2.75) is 50.4 Å². The molecule has 1 aliphatic carbocycles. The van der Waals surface area contributed by atoms with E-state index in [1.54, 1.807) is 7.11 Å². The molecule has 1 spiro atoms. The second-order valence-electron chi connectivity index (χ2n) is 8.13. The zero-order valence-electron chi connectivity index (χ0n) is 15.6. The Bertz CT molecular complexity index is 694. The monoisotopic (exact) mass is 356 g/mol. The molecule has 2 aliphatic heterocycles. The lowest BCUT2D eigenvalue weighted by Crippen LogP contribution is -2.50. The SMILES string of the molecule is COc1ccc(C2(C(=O)N3CC[C@@]4(CCCNC4=O)C3)CCCC2)cc1. The number of rotatable bonds is 3. The summed E-state index contributed by atoms with van der Waals surface area (Å²) in [7, 11) is 1.66. The van der Waals surface area contributed by atoms with Crippen molar-refractivity contribution in [3.63, 3.8) is 0 Å². The number of hydrogen-bond acceptors (Lipinski definition) is 3. The van der Waals surface area contributed by atoms with Crippen molar-refractivity contribution in [2.75, 3.05) is 26.7 Å². The van der Waals surface area contributed by atoms with Crippen LogP contribution in [0.5, 0.6) is 5.75 Å². The zero-order valence-corrected chi connectivity index (χ0v) is 15.6. The Kier molecular flexibility index (Phi) is 4.41. The number of nitrogens with one attached hydrogen (secondary N) is 1. The molecule has 0 unspecified atom stereocenters. The summed E-state index contributed by atoms with van der Waals surface area (Å²) >= 11 is 0. The van der Waals surface area contributed by atoms with Crippen LogP contribution in [-0.2, 0) is 15.0 Å². The van der Waals surface area contributed by atoms with E-state index in [2.05, 4.69) is 5.32 Å². The Labute approximate surface area is 155 Å². The van der Waals surface area contributed by atoms with Gasteiger partial charge < -0.3 is 15.0 Å². The first-order valence-corrected chi connectivity index (χ1v) is 9.82. The van der Waals surface area contributed by atoms with Gasteiger partial charge in [0, 0.05) is 19.6 Å². The fraction of sp³-hybridized carbons (Fsp3) is 0.619. The van der Waals surface area contributed by atoms with Crippen molar-refractivity contribution in [1.82, 2.24) is 10.2 Å². The maximum atomic E-state index is 13.6. The topological polar surface area (TPSA) is 58.6 Å². The molecule has 0 radical (unpaired) electrons. The van der Waals surface area contributed by atoms with Gasteiger partial charge in [-0.05, 0) is 49.8 Å². The maximum absolute atomic E-state index is 13.6. The summed E-state index contributed by atoms with van der Waals surface area (Å²) in [6.45, 7) is 2.05. The highest BCUT2D eigenvalue weighted by Crippen LogP contribution is 2.46. The predicted octanol–water partition coefficient (Wildman–Crippen LogP) is 2.64. The van der Waals surface area contributed by atoms with E-state index in [0.29, 0.717) is 13.1 Å². The molecule has 140 valence electrons. The van der Waals surface area contributed by atoms with Gasteiger partial charge in [-0.15, -0.1) is 0 Å². The predicted molar refractivity (Wildman–Crippen MR) is 99.0 cm³/mol.